The third-order valence-corrected chi connectivity index (χ3v) is 3.74. The van der Waals surface area contributed by atoms with Gasteiger partial charge in [0.15, 0.2) is 6.04 Å². The molecule has 0 saturated carbocycles. The van der Waals surface area contributed by atoms with E-state index < -0.39 is 36.0 Å². The zero-order chi connectivity index (χ0) is 18.6. The second kappa shape index (κ2) is 7.82. The number of benzene rings is 1. The molecule has 0 unspecified atom stereocenters. The normalized spacial score (nSPS) is 23.4. The Morgan fingerprint density at radius 1 is 1.24 bits per heavy atom. The number of carbonyl (C=O) groups excluding carboxylic acids is 2. The molecule has 3 atom stereocenters. The number of nitrogens with zero attached hydrogens (tertiary/aromatic N) is 1. The fourth-order valence-electron chi connectivity index (χ4n) is 2.64. The van der Waals surface area contributed by atoms with Gasteiger partial charge < -0.3 is 14.2 Å². The zero-order valence-electron chi connectivity index (χ0n) is 14.9. The lowest BCUT2D eigenvalue weighted by atomic mass is 10.1. The highest BCUT2D eigenvalue weighted by atomic mass is 19.1. The summed E-state index contributed by atoms with van der Waals surface area (Å²) in [5, 5.41) is 0. The number of methoxy groups -OCH3 is 1. The van der Waals surface area contributed by atoms with Crippen molar-refractivity contribution in [2.75, 3.05) is 13.7 Å². The van der Waals surface area contributed by atoms with Gasteiger partial charge >= 0.3 is 12.1 Å². The summed E-state index contributed by atoms with van der Waals surface area (Å²) in [5.74, 6) is -0.721. The zero-order valence-corrected chi connectivity index (χ0v) is 14.9. The van der Waals surface area contributed by atoms with E-state index >= 15 is 0 Å². The topological polar surface area (TPSA) is 65.1 Å². The smallest absolute Gasteiger partial charge is 0.411 e. The molecule has 0 spiro atoms. The van der Waals surface area contributed by atoms with Crippen molar-refractivity contribution in [1.82, 2.24) is 4.90 Å². The number of hydrogen-bond acceptors (Lipinski definition) is 5. The van der Waals surface area contributed by atoms with Crippen LogP contribution in [0.4, 0.5) is 9.18 Å². The third kappa shape index (κ3) is 4.92. The van der Waals surface area contributed by atoms with Gasteiger partial charge in [-0.05, 0) is 26.3 Å². The molecule has 6 nitrogen and oxygen atoms in total. The summed E-state index contributed by atoms with van der Waals surface area (Å²) < 4.78 is 29.8. The third-order valence-electron chi connectivity index (χ3n) is 3.74. The molecule has 2 rings (SSSR count). The van der Waals surface area contributed by atoms with Gasteiger partial charge in [-0.1, -0.05) is 30.3 Å². The summed E-state index contributed by atoms with van der Waals surface area (Å²) in [4.78, 5) is 25.9. The fraction of sp³-hybridized carbons (Fsp3) is 0.556. The molecule has 1 fully saturated rings. The van der Waals surface area contributed by atoms with Crippen molar-refractivity contribution in [2.24, 2.45) is 0 Å². The van der Waals surface area contributed by atoms with E-state index in [1.54, 1.807) is 32.9 Å². The Morgan fingerprint density at radius 2 is 1.88 bits per heavy atom. The van der Waals surface area contributed by atoms with Gasteiger partial charge in [-0.2, -0.15) is 0 Å². The van der Waals surface area contributed by atoms with E-state index in [0.717, 1.165) is 10.5 Å². The Morgan fingerprint density at radius 3 is 2.44 bits per heavy atom. The lowest BCUT2D eigenvalue weighted by Gasteiger charge is -2.28. The number of likely N-dealkylation sites (tertiary alicyclic amines) is 1. The molecule has 0 bridgehead atoms. The second-order valence-electron chi connectivity index (χ2n) is 6.89. The molecule has 1 aliphatic rings. The molecule has 25 heavy (non-hydrogen) atoms. The van der Waals surface area contributed by atoms with Crippen LogP contribution < -0.4 is 0 Å². The van der Waals surface area contributed by atoms with Gasteiger partial charge in [0.25, 0.3) is 0 Å². The first-order chi connectivity index (χ1) is 11.7. The molecule has 0 radical (unpaired) electrons. The number of amides is 1. The fourth-order valence-corrected chi connectivity index (χ4v) is 2.64. The van der Waals surface area contributed by atoms with Crippen molar-refractivity contribution in [3.8, 4) is 0 Å². The van der Waals surface area contributed by atoms with Gasteiger partial charge in [0.1, 0.15) is 24.5 Å². The number of rotatable bonds is 4. The van der Waals surface area contributed by atoms with Crippen LogP contribution in [0.2, 0.25) is 0 Å². The van der Waals surface area contributed by atoms with Crippen LogP contribution in [0.5, 0.6) is 0 Å². The molecule has 1 aromatic rings. The van der Waals surface area contributed by atoms with Crippen LogP contribution in [0.3, 0.4) is 0 Å². The molecule has 0 aromatic heterocycles. The number of hydrogen-bond donors (Lipinski definition) is 0. The van der Waals surface area contributed by atoms with Crippen molar-refractivity contribution in [2.45, 2.75) is 51.3 Å². The van der Waals surface area contributed by atoms with E-state index in [1.807, 2.05) is 18.2 Å². The summed E-state index contributed by atoms with van der Waals surface area (Å²) in [7, 11) is 1.30. The Kier molecular flexibility index (Phi) is 6.00. The van der Waals surface area contributed by atoms with E-state index in [2.05, 4.69) is 0 Å². The van der Waals surface area contributed by atoms with Gasteiger partial charge in [-0.15, -0.1) is 0 Å². The standard InChI is InChI=1S/C18H24FNO5/c1-18(2,3)25-17(22)20-10-13(19)15(23-4)14(20)16(21)24-11-12-8-6-5-7-9-12/h5-9,13-15H,10-11H2,1-4H3/t13-,14-,15+/m0/s1. The van der Waals surface area contributed by atoms with E-state index in [-0.39, 0.29) is 13.2 Å². The molecule has 1 amide bonds. The lowest BCUT2D eigenvalue weighted by Crippen LogP contribution is -2.48. The maximum Gasteiger partial charge on any atom is 0.411 e. The highest BCUT2D eigenvalue weighted by Gasteiger charge is 2.50. The van der Waals surface area contributed by atoms with Crippen LogP contribution in [0.1, 0.15) is 26.3 Å². The van der Waals surface area contributed by atoms with E-state index in [4.69, 9.17) is 14.2 Å². The first-order valence-electron chi connectivity index (χ1n) is 8.10. The second-order valence-corrected chi connectivity index (χ2v) is 6.89. The number of esters is 1. The summed E-state index contributed by atoms with van der Waals surface area (Å²) in [6.07, 6.45) is -3.35. The maximum atomic E-state index is 14.2. The molecular weight excluding hydrogens is 329 g/mol. The number of carbonyl (C=O) groups is 2. The maximum absolute atomic E-state index is 14.2. The molecule has 1 aromatic carbocycles. The Balaban J connectivity index is 2.11. The van der Waals surface area contributed by atoms with Gasteiger partial charge in [0.05, 0.1) is 6.54 Å². The quantitative estimate of drug-likeness (QED) is 0.779. The predicted molar refractivity (Wildman–Crippen MR) is 88.7 cm³/mol. The minimum Gasteiger partial charge on any atom is -0.459 e. The van der Waals surface area contributed by atoms with Crippen molar-refractivity contribution < 1.29 is 28.2 Å². The first-order valence-corrected chi connectivity index (χ1v) is 8.10. The van der Waals surface area contributed by atoms with E-state index in [1.165, 1.54) is 7.11 Å². The van der Waals surface area contributed by atoms with Crippen LogP contribution >= 0.6 is 0 Å². The molecule has 1 saturated heterocycles. The van der Waals surface area contributed by atoms with Crippen molar-refractivity contribution >= 4 is 12.1 Å². The summed E-state index contributed by atoms with van der Waals surface area (Å²) in [6, 6.07) is 7.92. The molecule has 0 N–H and O–H groups in total. The SMILES string of the molecule is CO[C@H]1[C@@H](C(=O)OCc2ccccc2)N(C(=O)OC(C)(C)C)C[C@@H]1F. The predicted octanol–water partition coefficient (Wildman–Crippen LogP) is 2.70. The van der Waals surface area contributed by atoms with E-state index in [0.29, 0.717) is 0 Å². The van der Waals surface area contributed by atoms with Gasteiger partial charge in [0.2, 0.25) is 0 Å². The highest BCUT2D eigenvalue weighted by Crippen LogP contribution is 2.27. The van der Waals surface area contributed by atoms with Crippen molar-refractivity contribution in [3.63, 3.8) is 0 Å². The summed E-state index contributed by atoms with van der Waals surface area (Å²) in [6.45, 7) is 4.85. The Bertz CT molecular complexity index is 601. The number of halogens is 1. The molecular formula is C18H24FNO5. The average Bonchev–Trinajstić information content (AvgIpc) is 2.88. The molecule has 7 heteroatoms. The van der Waals surface area contributed by atoms with E-state index in [9.17, 15) is 14.0 Å². The molecule has 138 valence electrons. The van der Waals surface area contributed by atoms with Crippen molar-refractivity contribution in [1.29, 1.82) is 0 Å². The lowest BCUT2D eigenvalue weighted by molar-refractivity contribution is -0.154. The van der Waals surface area contributed by atoms with Crippen LogP contribution in [-0.2, 0) is 25.6 Å². The molecule has 1 aliphatic heterocycles. The highest BCUT2D eigenvalue weighted by molar-refractivity contribution is 5.83. The van der Waals surface area contributed by atoms with Gasteiger partial charge in [0, 0.05) is 7.11 Å². The molecule has 1 heterocycles. The largest absolute Gasteiger partial charge is 0.459 e. The average molecular weight is 353 g/mol. The van der Waals surface area contributed by atoms with Crippen LogP contribution in [0.15, 0.2) is 30.3 Å². The van der Waals surface area contributed by atoms with Gasteiger partial charge in [-0.3, -0.25) is 4.90 Å². The number of ether oxygens (including phenoxy) is 3. The first kappa shape index (κ1) is 19.2. The van der Waals surface area contributed by atoms with Crippen molar-refractivity contribution in [3.05, 3.63) is 35.9 Å². The van der Waals surface area contributed by atoms with Crippen LogP contribution in [-0.4, -0.2) is 54.5 Å². The monoisotopic (exact) mass is 353 g/mol. The number of alkyl halides is 1. The summed E-state index contributed by atoms with van der Waals surface area (Å²) in [5.41, 5.74) is 0.0374. The Hall–Kier alpha value is -2.15. The van der Waals surface area contributed by atoms with Gasteiger partial charge in [-0.25, -0.2) is 14.0 Å². The molecule has 0 aliphatic carbocycles. The minimum absolute atomic E-state index is 0.0335. The Labute approximate surface area is 146 Å². The van der Waals surface area contributed by atoms with Crippen LogP contribution in [0, 0.1) is 0 Å². The minimum atomic E-state index is -1.49. The van der Waals surface area contributed by atoms with Crippen LogP contribution in [0.25, 0.3) is 0 Å². The summed E-state index contributed by atoms with van der Waals surface area (Å²) >= 11 is 0.